The molecule has 2 N–H and O–H groups in total. The summed E-state index contributed by atoms with van der Waals surface area (Å²) in [5.41, 5.74) is 8.05. The van der Waals surface area contributed by atoms with Gasteiger partial charge in [-0.05, 0) is 54.7 Å². The van der Waals surface area contributed by atoms with Crippen molar-refractivity contribution in [2.24, 2.45) is 11.8 Å². The van der Waals surface area contributed by atoms with Gasteiger partial charge in [0, 0.05) is 5.69 Å². The SMILES string of the molecule is C[C@@H]1CC[C@H](c2ccc(N)cc2)C[C@H]1C. The van der Waals surface area contributed by atoms with Gasteiger partial charge in [-0.3, -0.25) is 0 Å². The van der Waals surface area contributed by atoms with Crippen molar-refractivity contribution in [1.82, 2.24) is 0 Å². The predicted molar refractivity (Wildman–Crippen MR) is 65.8 cm³/mol. The first-order valence-corrected chi connectivity index (χ1v) is 6.02. The fourth-order valence-corrected chi connectivity index (χ4v) is 2.62. The molecule has 15 heavy (non-hydrogen) atoms. The van der Waals surface area contributed by atoms with Crippen LogP contribution in [0.3, 0.4) is 0 Å². The van der Waals surface area contributed by atoms with Crippen LogP contribution in [-0.4, -0.2) is 0 Å². The van der Waals surface area contributed by atoms with Gasteiger partial charge >= 0.3 is 0 Å². The molecule has 0 radical (unpaired) electrons. The lowest BCUT2D eigenvalue weighted by molar-refractivity contribution is 0.250. The summed E-state index contributed by atoms with van der Waals surface area (Å²) in [5, 5.41) is 0. The maximum Gasteiger partial charge on any atom is 0.0314 e. The fraction of sp³-hybridized carbons (Fsp3) is 0.571. The molecule has 0 unspecified atom stereocenters. The quantitative estimate of drug-likeness (QED) is 0.690. The van der Waals surface area contributed by atoms with Crippen LogP contribution in [0.4, 0.5) is 5.69 Å². The predicted octanol–water partition coefficient (Wildman–Crippen LogP) is 3.81. The topological polar surface area (TPSA) is 26.0 Å². The Bertz CT molecular complexity index is 315. The number of nitrogens with two attached hydrogens (primary N) is 1. The van der Waals surface area contributed by atoms with Crippen LogP contribution in [0.5, 0.6) is 0 Å². The van der Waals surface area contributed by atoms with Crippen LogP contribution in [0, 0.1) is 11.8 Å². The number of hydrogen-bond donors (Lipinski definition) is 1. The van der Waals surface area contributed by atoms with Crippen molar-refractivity contribution in [3.8, 4) is 0 Å². The van der Waals surface area contributed by atoms with Crippen molar-refractivity contribution in [1.29, 1.82) is 0 Å². The molecular formula is C14H21N. The second kappa shape index (κ2) is 4.26. The third-order valence-electron chi connectivity index (χ3n) is 4.01. The van der Waals surface area contributed by atoms with Crippen molar-refractivity contribution in [3.63, 3.8) is 0 Å². The normalized spacial score (nSPS) is 31.5. The highest BCUT2D eigenvalue weighted by molar-refractivity contribution is 5.40. The van der Waals surface area contributed by atoms with Gasteiger partial charge in [-0.2, -0.15) is 0 Å². The molecule has 1 aliphatic carbocycles. The van der Waals surface area contributed by atoms with E-state index in [-0.39, 0.29) is 0 Å². The second-order valence-corrected chi connectivity index (χ2v) is 5.13. The number of benzene rings is 1. The Morgan fingerprint density at radius 2 is 1.67 bits per heavy atom. The summed E-state index contributed by atoms with van der Waals surface area (Å²) in [6, 6.07) is 8.45. The second-order valence-electron chi connectivity index (χ2n) is 5.13. The molecule has 82 valence electrons. The van der Waals surface area contributed by atoms with Crippen LogP contribution in [0.15, 0.2) is 24.3 Å². The first kappa shape index (κ1) is 10.5. The third kappa shape index (κ3) is 2.34. The van der Waals surface area contributed by atoms with E-state index in [1.54, 1.807) is 0 Å². The monoisotopic (exact) mass is 203 g/mol. The van der Waals surface area contributed by atoms with E-state index in [1.165, 1.54) is 24.8 Å². The Balaban J connectivity index is 2.08. The van der Waals surface area contributed by atoms with E-state index >= 15 is 0 Å². The average Bonchev–Trinajstić information content (AvgIpc) is 2.23. The number of nitrogen functional groups attached to an aromatic ring is 1. The molecule has 0 saturated heterocycles. The fourth-order valence-electron chi connectivity index (χ4n) is 2.62. The molecule has 1 heteroatoms. The minimum absolute atomic E-state index is 0.761. The lowest BCUT2D eigenvalue weighted by atomic mass is 9.73. The highest BCUT2D eigenvalue weighted by Gasteiger charge is 2.25. The molecule has 1 nitrogen and oxygen atoms in total. The lowest BCUT2D eigenvalue weighted by Gasteiger charge is -2.32. The standard InChI is InChI=1S/C14H21N/c1-10-3-4-13(9-11(10)2)12-5-7-14(15)8-6-12/h5-8,10-11,13H,3-4,9,15H2,1-2H3/t10-,11-,13+/m1/s1. The largest absolute Gasteiger partial charge is 0.399 e. The Morgan fingerprint density at radius 1 is 1.00 bits per heavy atom. The average molecular weight is 203 g/mol. The van der Waals surface area contributed by atoms with E-state index in [0.717, 1.165) is 23.4 Å². The van der Waals surface area contributed by atoms with E-state index in [2.05, 4.69) is 26.0 Å². The van der Waals surface area contributed by atoms with Gasteiger partial charge in [0.25, 0.3) is 0 Å². The van der Waals surface area contributed by atoms with E-state index in [1.807, 2.05) is 12.1 Å². The summed E-state index contributed by atoms with van der Waals surface area (Å²) in [7, 11) is 0. The van der Waals surface area contributed by atoms with Gasteiger partial charge < -0.3 is 5.73 Å². The molecule has 1 aliphatic rings. The Labute approximate surface area is 92.7 Å². The molecule has 1 aromatic rings. The van der Waals surface area contributed by atoms with Crippen LogP contribution in [0.1, 0.15) is 44.6 Å². The van der Waals surface area contributed by atoms with Crippen molar-refractivity contribution in [3.05, 3.63) is 29.8 Å². The molecule has 0 spiro atoms. The summed E-state index contributed by atoms with van der Waals surface area (Å²) in [6.45, 7) is 4.76. The number of hydrogen-bond acceptors (Lipinski definition) is 1. The molecule has 0 bridgehead atoms. The van der Waals surface area contributed by atoms with E-state index in [9.17, 15) is 0 Å². The Hall–Kier alpha value is -0.980. The minimum Gasteiger partial charge on any atom is -0.399 e. The van der Waals surface area contributed by atoms with Gasteiger partial charge in [0.1, 0.15) is 0 Å². The molecular weight excluding hydrogens is 182 g/mol. The smallest absolute Gasteiger partial charge is 0.0314 e. The first-order valence-electron chi connectivity index (χ1n) is 6.02. The summed E-state index contributed by atoms with van der Waals surface area (Å²) >= 11 is 0. The zero-order chi connectivity index (χ0) is 10.8. The summed E-state index contributed by atoms with van der Waals surface area (Å²) < 4.78 is 0. The molecule has 3 atom stereocenters. The van der Waals surface area contributed by atoms with Gasteiger partial charge in [0.15, 0.2) is 0 Å². The first-order chi connectivity index (χ1) is 7.16. The molecule has 0 amide bonds. The molecule has 1 aromatic carbocycles. The molecule has 0 aromatic heterocycles. The summed E-state index contributed by atoms with van der Waals surface area (Å²) in [6.07, 6.45) is 4.05. The Morgan fingerprint density at radius 3 is 2.27 bits per heavy atom. The number of anilines is 1. The van der Waals surface area contributed by atoms with Crippen LogP contribution in [0.25, 0.3) is 0 Å². The van der Waals surface area contributed by atoms with Crippen LogP contribution >= 0.6 is 0 Å². The third-order valence-corrected chi connectivity index (χ3v) is 4.01. The molecule has 0 heterocycles. The highest BCUT2D eigenvalue weighted by atomic mass is 14.5. The van der Waals surface area contributed by atoms with Crippen molar-refractivity contribution in [2.45, 2.75) is 39.0 Å². The summed E-state index contributed by atoms with van der Waals surface area (Å²) in [4.78, 5) is 0. The zero-order valence-corrected chi connectivity index (χ0v) is 9.74. The van der Waals surface area contributed by atoms with Crippen molar-refractivity contribution in [2.75, 3.05) is 5.73 Å². The Kier molecular flexibility index (Phi) is 2.99. The zero-order valence-electron chi connectivity index (χ0n) is 9.74. The van der Waals surface area contributed by atoms with Gasteiger partial charge in [-0.25, -0.2) is 0 Å². The lowest BCUT2D eigenvalue weighted by Crippen LogP contribution is -2.19. The van der Waals surface area contributed by atoms with Crippen LogP contribution in [-0.2, 0) is 0 Å². The van der Waals surface area contributed by atoms with Gasteiger partial charge in [0.05, 0.1) is 0 Å². The molecule has 2 rings (SSSR count). The van der Waals surface area contributed by atoms with E-state index in [0.29, 0.717) is 0 Å². The number of rotatable bonds is 1. The van der Waals surface area contributed by atoms with Gasteiger partial charge in [-0.15, -0.1) is 0 Å². The molecule has 0 aliphatic heterocycles. The van der Waals surface area contributed by atoms with Gasteiger partial charge in [-0.1, -0.05) is 26.0 Å². The van der Waals surface area contributed by atoms with Crippen molar-refractivity contribution < 1.29 is 0 Å². The minimum atomic E-state index is 0.761. The van der Waals surface area contributed by atoms with E-state index in [4.69, 9.17) is 5.73 Å². The highest BCUT2D eigenvalue weighted by Crippen LogP contribution is 2.39. The maximum absolute atomic E-state index is 5.71. The van der Waals surface area contributed by atoms with Crippen LogP contribution in [0.2, 0.25) is 0 Å². The maximum atomic E-state index is 5.71. The molecule has 1 saturated carbocycles. The van der Waals surface area contributed by atoms with Crippen LogP contribution < -0.4 is 5.73 Å². The van der Waals surface area contributed by atoms with Gasteiger partial charge in [0.2, 0.25) is 0 Å². The van der Waals surface area contributed by atoms with E-state index < -0.39 is 0 Å². The summed E-state index contributed by atoms with van der Waals surface area (Å²) in [5.74, 6) is 2.52. The van der Waals surface area contributed by atoms with Crippen molar-refractivity contribution >= 4 is 5.69 Å². The molecule has 1 fully saturated rings.